The zero-order valence-corrected chi connectivity index (χ0v) is 13.8. The van der Waals surface area contributed by atoms with Crippen LogP contribution in [0, 0.1) is 31.5 Å². The zero-order valence-electron chi connectivity index (χ0n) is 13.8. The number of benzene rings is 1. The summed E-state index contributed by atoms with van der Waals surface area (Å²) in [5.41, 5.74) is 1.34. The molecule has 1 aliphatic rings. The van der Waals surface area contributed by atoms with E-state index in [1.54, 1.807) is 19.9 Å². The van der Waals surface area contributed by atoms with Crippen LogP contribution in [0.25, 0.3) is 0 Å². The summed E-state index contributed by atoms with van der Waals surface area (Å²) in [6.45, 7) is 6.61. The van der Waals surface area contributed by atoms with Gasteiger partial charge in [-0.05, 0) is 50.2 Å². The van der Waals surface area contributed by atoms with E-state index in [2.05, 4.69) is 6.92 Å². The molecular formula is C19H29FO. The lowest BCUT2D eigenvalue weighted by Crippen LogP contribution is -2.20. The quantitative estimate of drug-likeness (QED) is 0.642. The lowest BCUT2D eigenvalue weighted by molar-refractivity contribution is 0.177. The highest BCUT2D eigenvalue weighted by Crippen LogP contribution is 2.32. The van der Waals surface area contributed by atoms with Crippen LogP contribution < -0.4 is 4.74 Å². The number of hydrogen-bond acceptors (Lipinski definition) is 1. The lowest BCUT2D eigenvalue weighted by atomic mass is 9.80. The highest BCUT2D eigenvalue weighted by atomic mass is 19.1. The van der Waals surface area contributed by atoms with Gasteiger partial charge < -0.3 is 4.74 Å². The fourth-order valence-electron chi connectivity index (χ4n) is 3.35. The van der Waals surface area contributed by atoms with E-state index in [0.717, 1.165) is 12.5 Å². The average molecular weight is 292 g/mol. The molecule has 0 N–H and O–H groups in total. The van der Waals surface area contributed by atoms with E-state index in [1.165, 1.54) is 44.9 Å². The Morgan fingerprint density at radius 3 is 2.43 bits per heavy atom. The van der Waals surface area contributed by atoms with Gasteiger partial charge in [0, 0.05) is 5.56 Å². The summed E-state index contributed by atoms with van der Waals surface area (Å²) in [6.07, 6.45) is 9.29. The fraction of sp³-hybridized carbons (Fsp3) is 0.684. The Morgan fingerprint density at radius 1 is 1.10 bits per heavy atom. The maximum atomic E-state index is 13.8. The van der Waals surface area contributed by atoms with Crippen LogP contribution in [0.15, 0.2) is 12.1 Å². The predicted molar refractivity (Wildman–Crippen MR) is 86.3 cm³/mol. The minimum atomic E-state index is -0.129. The standard InChI is InChI=1S/C19H29FO/c1-4-5-6-16-8-10-17(11-9-16)13-21-18-12-7-14(2)19(20)15(18)3/h7,12,16-17H,4-6,8-11,13H2,1-3H3. The van der Waals surface area contributed by atoms with Gasteiger partial charge in [0.1, 0.15) is 11.6 Å². The first-order valence-electron chi connectivity index (χ1n) is 8.50. The maximum Gasteiger partial charge on any atom is 0.132 e. The van der Waals surface area contributed by atoms with Gasteiger partial charge >= 0.3 is 0 Å². The second-order valence-electron chi connectivity index (χ2n) is 6.66. The van der Waals surface area contributed by atoms with E-state index >= 15 is 0 Å². The Morgan fingerprint density at radius 2 is 1.76 bits per heavy atom. The molecule has 1 nitrogen and oxygen atoms in total. The molecule has 0 spiro atoms. The molecule has 0 unspecified atom stereocenters. The van der Waals surface area contributed by atoms with Crippen LogP contribution >= 0.6 is 0 Å². The smallest absolute Gasteiger partial charge is 0.132 e. The topological polar surface area (TPSA) is 9.23 Å². The van der Waals surface area contributed by atoms with E-state index in [9.17, 15) is 4.39 Å². The number of ether oxygens (including phenoxy) is 1. The molecule has 0 saturated heterocycles. The van der Waals surface area contributed by atoms with E-state index in [-0.39, 0.29) is 5.82 Å². The summed E-state index contributed by atoms with van der Waals surface area (Å²) < 4.78 is 19.7. The lowest BCUT2D eigenvalue weighted by Gasteiger charge is -2.28. The van der Waals surface area contributed by atoms with Crippen molar-refractivity contribution in [3.05, 3.63) is 29.1 Å². The van der Waals surface area contributed by atoms with Gasteiger partial charge in [0.05, 0.1) is 6.61 Å². The predicted octanol–water partition coefficient (Wildman–Crippen LogP) is 5.82. The molecule has 21 heavy (non-hydrogen) atoms. The average Bonchev–Trinajstić information content (AvgIpc) is 2.51. The van der Waals surface area contributed by atoms with Crippen molar-refractivity contribution >= 4 is 0 Å². The molecule has 0 aliphatic heterocycles. The third-order valence-corrected chi connectivity index (χ3v) is 4.94. The molecule has 0 atom stereocenters. The second-order valence-corrected chi connectivity index (χ2v) is 6.66. The van der Waals surface area contributed by atoms with Gasteiger partial charge in [-0.1, -0.05) is 45.1 Å². The Kier molecular flexibility index (Phi) is 6.08. The minimum absolute atomic E-state index is 0.129. The fourth-order valence-corrected chi connectivity index (χ4v) is 3.35. The van der Waals surface area contributed by atoms with Crippen molar-refractivity contribution in [2.75, 3.05) is 6.61 Å². The highest BCUT2D eigenvalue weighted by Gasteiger charge is 2.21. The normalized spacial score (nSPS) is 22.3. The van der Waals surface area contributed by atoms with Crippen molar-refractivity contribution in [2.45, 2.75) is 65.7 Å². The van der Waals surface area contributed by atoms with Crippen molar-refractivity contribution < 1.29 is 9.13 Å². The van der Waals surface area contributed by atoms with Crippen LogP contribution in [-0.4, -0.2) is 6.61 Å². The highest BCUT2D eigenvalue weighted by molar-refractivity contribution is 5.37. The molecular weight excluding hydrogens is 263 g/mol. The summed E-state index contributed by atoms with van der Waals surface area (Å²) in [5, 5.41) is 0. The van der Waals surface area contributed by atoms with Gasteiger partial charge in [-0.2, -0.15) is 0 Å². The molecule has 0 amide bonds. The first kappa shape index (κ1) is 16.3. The molecule has 2 heteroatoms. The molecule has 0 heterocycles. The summed E-state index contributed by atoms with van der Waals surface area (Å²) in [5.74, 6) is 2.16. The molecule has 1 fully saturated rings. The van der Waals surface area contributed by atoms with E-state index in [0.29, 0.717) is 22.8 Å². The minimum Gasteiger partial charge on any atom is -0.493 e. The third kappa shape index (κ3) is 4.46. The zero-order chi connectivity index (χ0) is 15.2. The van der Waals surface area contributed by atoms with Crippen LogP contribution in [0.5, 0.6) is 5.75 Å². The molecule has 2 rings (SSSR count). The number of hydrogen-bond donors (Lipinski definition) is 0. The summed E-state index contributed by atoms with van der Waals surface area (Å²) in [7, 11) is 0. The monoisotopic (exact) mass is 292 g/mol. The largest absolute Gasteiger partial charge is 0.493 e. The van der Waals surface area contributed by atoms with Crippen molar-refractivity contribution in [3.63, 3.8) is 0 Å². The van der Waals surface area contributed by atoms with Crippen molar-refractivity contribution in [2.24, 2.45) is 11.8 Å². The summed E-state index contributed by atoms with van der Waals surface area (Å²) >= 11 is 0. The summed E-state index contributed by atoms with van der Waals surface area (Å²) in [6, 6.07) is 3.71. The molecule has 118 valence electrons. The molecule has 0 radical (unpaired) electrons. The Labute approximate surface area is 128 Å². The van der Waals surface area contributed by atoms with Crippen LogP contribution in [-0.2, 0) is 0 Å². The SMILES string of the molecule is CCCCC1CCC(COc2ccc(C)c(F)c2C)CC1. The summed E-state index contributed by atoms with van der Waals surface area (Å²) in [4.78, 5) is 0. The number of aryl methyl sites for hydroxylation is 1. The van der Waals surface area contributed by atoms with Crippen LogP contribution in [0.4, 0.5) is 4.39 Å². The molecule has 1 aromatic rings. The van der Waals surface area contributed by atoms with E-state index in [4.69, 9.17) is 4.74 Å². The molecule has 1 aliphatic carbocycles. The van der Waals surface area contributed by atoms with Gasteiger partial charge in [0.2, 0.25) is 0 Å². The van der Waals surface area contributed by atoms with Gasteiger partial charge in [0.15, 0.2) is 0 Å². The number of rotatable bonds is 6. The van der Waals surface area contributed by atoms with E-state index < -0.39 is 0 Å². The first-order valence-corrected chi connectivity index (χ1v) is 8.50. The van der Waals surface area contributed by atoms with E-state index in [1.807, 2.05) is 6.07 Å². The van der Waals surface area contributed by atoms with Gasteiger partial charge in [0.25, 0.3) is 0 Å². The van der Waals surface area contributed by atoms with Crippen molar-refractivity contribution in [3.8, 4) is 5.75 Å². The first-order chi connectivity index (χ1) is 10.1. The van der Waals surface area contributed by atoms with Crippen molar-refractivity contribution in [1.82, 2.24) is 0 Å². The van der Waals surface area contributed by atoms with Crippen molar-refractivity contribution in [1.29, 1.82) is 0 Å². The third-order valence-electron chi connectivity index (χ3n) is 4.94. The maximum absolute atomic E-state index is 13.8. The second kappa shape index (κ2) is 7.82. The number of halogens is 1. The Hall–Kier alpha value is -1.05. The molecule has 0 bridgehead atoms. The Balaban J connectivity index is 1.79. The van der Waals surface area contributed by atoms with Gasteiger partial charge in [-0.15, -0.1) is 0 Å². The van der Waals surface area contributed by atoms with Crippen LogP contribution in [0.1, 0.15) is 63.0 Å². The Bertz CT molecular complexity index is 447. The number of unbranched alkanes of at least 4 members (excludes halogenated alkanes) is 1. The van der Waals surface area contributed by atoms with Crippen LogP contribution in [0.3, 0.4) is 0 Å². The van der Waals surface area contributed by atoms with Crippen LogP contribution in [0.2, 0.25) is 0 Å². The van der Waals surface area contributed by atoms with Gasteiger partial charge in [-0.3, -0.25) is 0 Å². The molecule has 1 saturated carbocycles. The van der Waals surface area contributed by atoms with Gasteiger partial charge in [-0.25, -0.2) is 4.39 Å². The molecule has 0 aromatic heterocycles. The molecule has 1 aromatic carbocycles.